The molecule has 1 aromatic carbocycles. The molecule has 0 radical (unpaired) electrons. The fraction of sp³-hybridized carbons (Fsp3) is 0.188. The maximum absolute atomic E-state index is 12.4. The molecule has 0 saturated carbocycles. The number of aryl methyl sites for hydroxylation is 2. The quantitative estimate of drug-likeness (QED) is 0.771. The molecule has 2 aromatic heterocycles. The highest BCUT2D eigenvalue weighted by Crippen LogP contribution is 2.27. The Balaban J connectivity index is 1.94. The maximum atomic E-state index is 12.4. The lowest BCUT2D eigenvalue weighted by Gasteiger charge is -2.10. The standard InChI is InChI=1S/C16H16N2O4S/c1-3-13-6-7-16(22-13)23(19,20)18-14-8-12(5-4-11(14)2)15-9-17-10-21-15/h4-10,18H,3H2,1-2H3. The minimum absolute atomic E-state index is 0.0983. The number of aromatic nitrogens is 1. The summed E-state index contributed by atoms with van der Waals surface area (Å²) < 4.78 is 38.0. The van der Waals surface area contributed by atoms with Crippen LogP contribution in [0, 0.1) is 6.92 Å². The van der Waals surface area contributed by atoms with E-state index in [2.05, 4.69) is 9.71 Å². The van der Waals surface area contributed by atoms with Gasteiger partial charge in [-0.25, -0.2) is 4.98 Å². The topological polar surface area (TPSA) is 85.3 Å². The summed E-state index contributed by atoms with van der Waals surface area (Å²) in [5, 5.41) is -0.0983. The van der Waals surface area contributed by atoms with Gasteiger partial charge in [-0.15, -0.1) is 0 Å². The number of anilines is 1. The van der Waals surface area contributed by atoms with Gasteiger partial charge < -0.3 is 8.83 Å². The molecular weight excluding hydrogens is 316 g/mol. The second-order valence-corrected chi connectivity index (χ2v) is 6.69. The number of sulfonamides is 1. The predicted octanol–water partition coefficient (Wildman–Crippen LogP) is 3.61. The molecule has 0 unspecified atom stereocenters. The summed E-state index contributed by atoms with van der Waals surface area (Å²) in [5.41, 5.74) is 1.99. The van der Waals surface area contributed by atoms with Crippen LogP contribution in [0.1, 0.15) is 18.2 Å². The van der Waals surface area contributed by atoms with Gasteiger partial charge in [-0.2, -0.15) is 8.42 Å². The van der Waals surface area contributed by atoms with E-state index in [1.165, 1.54) is 12.5 Å². The van der Waals surface area contributed by atoms with E-state index >= 15 is 0 Å². The van der Waals surface area contributed by atoms with Gasteiger partial charge in [-0.1, -0.05) is 19.1 Å². The third kappa shape index (κ3) is 3.14. The van der Waals surface area contributed by atoms with Gasteiger partial charge >= 0.3 is 0 Å². The van der Waals surface area contributed by atoms with Crippen LogP contribution in [-0.2, 0) is 16.4 Å². The lowest BCUT2D eigenvalue weighted by molar-refractivity contribution is 0.419. The van der Waals surface area contributed by atoms with Crippen LogP contribution in [0.15, 0.2) is 56.8 Å². The van der Waals surface area contributed by atoms with Crippen molar-refractivity contribution in [1.29, 1.82) is 0 Å². The molecule has 120 valence electrons. The van der Waals surface area contributed by atoms with Crippen LogP contribution >= 0.6 is 0 Å². The number of hydrogen-bond acceptors (Lipinski definition) is 5. The van der Waals surface area contributed by atoms with Crippen molar-refractivity contribution in [3.63, 3.8) is 0 Å². The van der Waals surface area contributed by atoms with Gasteiger partial charge in [0, 0.05) is 12.0 Å². The van der Waals surface area contributed by atoms with E-state index in [9.17, 15) is 8.42 Å². The van der Waals surface area contributed by atoms with Crippen molar-refractivity contribution in [3.05, 3.63) is 54.2 Å². The van der Waals surface area contributed by atoms with Gasteiger partial charge in [0.15, 0.2) is 12.2 Å². The number of benzene rings is 1. The Morgan fingerprint density at radius 1 is 1.22 bits per heavy atom. The second kappa shape index (κ2) is 5.92. The Morgan fingerprint density at radius 3 is 2.70 bits per heavy atom. The van der Waals surface area contributed by atoms with E-state index in [1.54, 1.807) is 18.3 Å². The molecule has 0 fully saturated rings. The van der Waals surface area contributed by atoms with Crippen LogP contribution in [-0.4, -0.2) is 13.4 Å². The third-order valence-electron chi connectivity index (χ3n) is 3.45. The summed E-state index contributed by atoms with van der Waals surface area (Å²) in [6, 6.07) is 8.48. The van der Waals surface area contributed by atoms with E-state index in [-0.39, 0.29) is 5.09 Å². The first kappa shape index (κ1) is 15.4. The predicted molar refractivity (Wildman–Crippen MR) is 85.6 cm³/mol. The van der Waals surface area contributed by atoms with Gasteiger partial charge in [0.2, 0.25) is 5.09 Å². The Hall–Kier alpha value is -2.54. The number of nitrogens with zero attached hydrogens (tertiary/aromatic N) is 1. The summed E-state index contributed by atoms with van der Waals surface area (Å²) in [7, 11) is -3.77. The zero-order valence-electron chi connectivity index (χ0n) is 12.7. The molecule has 0 spiro atoms. The number of oxazole rings is 1. The van der Waals surface area contributed by atoms with Gasteiger partial charge in [0.1, 0.15) is 5.76 Å². The molecule has 0 aliphatic rings. The van der Waals surface area contributed by atoms with Crippen LogP contribution in [0.25, 0.3) is 11.3 Å². The second-order valence-electron chi connectivity index (χ2n) is 5.08. The molecule has 0 amide bonds. The normalized spacial score (nSPS) is 11.6. The van der Waals surface area contributed by atoms with Gasteiger partial charge in [-0.05, 0) is 30.7 Å². The highest BCUT2D eigenvalue weighted by atomic mass is 32.2. The molecule has 6 nitrogen and oxygen atoms in total. The van der Waals surface area contributed by atoms with Crippen LogP contribution < -0.4 is 4.72 Å². The number of furan rings is 1. The minimum atomic E-state index is -3.77. The van der Waals surface area contributed by atoms with E-state index in [4.69, 9.17) is 8.83 Å². The van der Waals surface area contributed by atoms with E-state index in [1.807, 2.05) is 26.0 Å². The fourth-order valence-corrected chi connectivity index (χ4v) is 3.21. The summed E-state index contributed by atoms with van der Waals surface area (Å²) in [5.74, 6) is 1.19. The molecule has 0 aliphatic carbocycles. The Bertz CT molecular complexity index is 911. The van der Waals surface area contributed by atoms with Crippen LogP contribution in [0.5, 0.6) is 0 Å². The Labute approximate surface area is 134 Å². The zero-order chi connectivity index (χ0) is 16.4. The van der Waals surface area contributed by atoms with E-state index in [0.717, 1.165) is 11.1 Å². The Morgan fingerprint density at radius 2 is 2.04 bits per heavy atom. The third-order valence-corrected chi connectivity index (χ3v) is 4.69. The molecule has 23 heavy (non-hydrogen) atoms. The van der Waals surface area contributed by atoms with Crippen molar-refractivity contribution in [2.45, 2.75) is 25.4 Å². The van der Waals surface area contributed by atoms with E-state index in [0.29, 0.717) is 23.6 Å². The SMILES string of the molecule is CCc1ccc(S(=O)(=O)Nc2cc(-c3cnco3)ccc2C)o1. The number of rotatable bonds is 5. The van der Waals surface area contributed by atoms with Crippen molar-refractivity contribution in [3.8, 4) is 11.3 Å². The summed E-state index contributed by atoms with van der Waals surface area (Å²) in [6.07, 6.45) is 3.53. The highest BCUT2D eigenvalue weighted by Gasteiger charge is 2.20. The molecule has 0 bridgehead atoms. The number of hydrogen-bond donors (Lipinski definition) is 1. The summed E-state index contributed by atoms with van der Waals surface area (Å²) >= 11 is 0. The molecule has 3 rings (SSSR count). The monoisotopic (exact) mass is 332 g/mol. The number of nitrogens with one attached hydrogen (secondary N) is 1. The molecule has 0 atom stereocenters. The van der Waals surface area contributed by atoms with Crippen molar-refractivity contribution < 1.29 is 17.3 Å². The zero-order valence-corrected chi connectivity index (χ0v) is 13.6. The molecular formula is C16H16N2O4S. The van der Waals surface area contributed by atoms with Crippen molar-refractivity contribution in [2.24, 2.45) is 0 Å². The first-order valence-corrected chi connectivity index (χ1v) is 8.59. The van der Waals surface area contributed by atoms with Crippen LogP contribution in [0.3, 0.4) is 0 Å². The molecule has 0 saturated heterocycles. The fourth-order valence-electron chi connectivity index (χ4n) is 2.13. The van der Waals surface area contributed by atoms with Crippen LogP contribution in [0.4, 0.5) is 5.69 Å². The van der Waals surface area contributed by atoms with Gasteiger partial charge in [-0.3, -0.25) is 4.72 Å². The van der Waals surface area contributed by atoms with Crippen molar-refractivity contribution in [2.75, 3.05) is 4.72 Å². The molecule has 1 N–H and O–H groups in total. The molecule has 0 aliphatic heterocycles. The minimum Gasteiger partial charge on any atom is -0.448 e. The molecule has 3 aromatic rings. The maximum Gasteiger partial charge on any atom is 0.295 e. The largest absolute Gasteiger partial charge is 0.448 e. The lowest BCUT2D eigenvalue weighted by atomic mass is 10.1. The average molecular weight is 332 g/mol. The lowest BCUT2D eigenvalue weighted by Crippen LogP contribution is -2.13. The molecule has 2 heterocycles. The van der Waals surface area contributed by atoms with Crippen molar-refractivity contribution in [1.82, 2.24) is 4.98 Å². The first-order chi connectivity index (χ1) is 11.0. The Kier molecular flexibility index (Phi) is 3.96. The van der Waals surface area contributed by atoms with Crippen LogP contribution in [0.2, 0.25) is 0 Å². The average Bonchev–Trinajstić information content (AvgIpc) is 3.20. The van der Waals surface area contributed by atoms with Crippen molar-refractivity contribution >= 4 is 15.7 Å². The summed E-state index contributed by atoms with van der Waals surface area (Å²) in [6.45, 7) is 3.72. The first-order valence-electron chi connectivity index (χ1n) is 7.10. The smallest absolute Gasteiger partial charge is 0.295 e. The van der Waals surface area contributed by atoms with E-state index < -0.39 is 10.0 Å². The highest BCUT2D eigenvalue weighted by molar-refractivity contribution is 7.92. The van der Waals surface area contributed by atoms with Gasteiger partial charge in [0.05, 0.1) is 11.9 Å². The summed E-state index contributed by atoms with van der Waals surface area (Å²) in [4.78, 5) is 3.86. The molecule has 7 heteroatoms. The van der Waals surface area contributed by atoms with Gasteiger partial charge in [0.25, 0.3) is 10.0 Å².